The number of nitrogens with one attached hydrogen (secondary N) is 1. The minimum Gasteiger partial charge on any atom is -0.390 e. The molecule has 2 N–H and O–H groups in total. The van der Waals surface area contributed by atoms with Crippen LogP contribution in [-0.4, -0.2) is 39.1 Å². The quantitative estimate of drug-likeness (QED) is 0.682. The Kier molecular flexibility index (Phi) is 5.28. The van der Waals surface area contributed by atoms with Crippen molar-refractivity contribution in [1.82, 2.24) is 9.78 Å². The minimum atomic E-state index is -4.69. The van der Waals surface area contributed by atoms with E-state index < -0.39 is 59.7 Å². The summed E-state index contributed by atoms with van der Waals surface area (Å²) in [6.07, 6.45) is -11.7. The smallest absolute Gasteiger partial charge is 0.390 e. The second kappa shape index (κ2) is 7.48. The molecule has 0 spiro atoms. The van der Waals surface area contributed by atoms with Gasteiger partial charge in [0.05, 0.1) is 29.8 Å². The van der Waals surface area contributed by atoms with Crippen LogP contribution in [0.3, 0.4) is 0 Å². The fourth-order valence-electron chi connectivity index (χ4n) is 4.61. The van der Waals surface area contributed by atoms with Gasteiger partial charge in [-0.05, 0) is 36.8 Å². The van der Waals surface area contributed by atoms with E-state index in [9.17, 15) is 36.2 Å². The summed E-state index contributed by atoms with van der Waals surface area (Å²) >= 11 is 0. The maximum absolute atomic E-state index is 13.1. The van der Waals surface area contributed by atoms with E-state index in [4.69, 9.17) is 4.74 Å². The van der Waals surface area contributed by atoms with Crippen molar-refractivity contribution in [3.8, 4) is 0 Å². The molecular formula is C20H19F6N3O3. The number of hydrogen-bond acceptors (Lipinski definition) is 4. The van der Waals surface area contributed by atoms with Crippen molar-refractivity contribution in [2.75, 3.05) is 5.32 Å². The van der Waals surface area contributed by atoms with Gasteiger partial charge in [0.25, 0.3) is 0 Å². The maximum Gasteiger partial charge on any atom is 0.435 e. The van der Waals surface area contributed by atoms with Gasteiger partial charge in [0, 0.05) is 30.8 Å². The third kappa shape index (κ3) is 3.85. The van der Waals surface area contributed by atoms with Crippen LogP contribution in [-0.2, 0) is 28.9 Å². The van der Waals surface area contributed by atoms with E-state index >= 15 is 0 Å². The topological polar surface area (TPSA) is 76.4 Å². The van der Waals surface area contributed by atoms with Crippen molar-refractivity contribution in [3.63, 3.8) is 0 Å². The summed E-state index contributed by atoms with van der Waals surface area (Å²) < 4.78 is 85.0. The van der Waals surface area contributed by atoms with Gasteiger partial charge in [-0.3, -0.25) is 9.48 Å². The molecule has 3 heterocycles. The summed E-state index contributed by atoms with van der Waals surface area (Å²) in [5.74, 6) is -2.49. The molecule has 0 saturated carbocycles. The molecule has 0 radical (unpaired) electrons. The fourth-order valence-corrected chi connectivity index (χ4v) is 4.61. The van der Waals surface area contributed by atoms with Gasteiger partial charge in [-0.15, -0.1) is 0 Å². The Balaban J connectivity index is 1.63. The highest BCUT2D eigenvalue weighted by Crippen LogP contribution is 2.50. The van der Waals surface area contributed by atoms with Crippen molar-refractivity contribution in [3.05, 3.63) is 46.8 Å². The number of anilines is 1. The van der Waals surface area contributed by atoms with E-state index in [1.165, 1.54) is 20.0 Å². The number of carbonyl (C=O) groups excluding carboxylic acids is 1. The molecule has 32 heavy (non-hydrogen) atoms. The number of aliphatic hydroxyl groups is 1. The molecule has 2 saturated heterocycles. The van der Waals surface area contributed by atoms with Crippen molar-refractivity contribution in [2.45, 2.75) is 49.9 Å². The first-order valence-corrected chi connectivity index (χ1v) is 9.70. The third-order valence-electron chi connectivity index (χ3n) is 5.98. The Bertz CT molecular complexity index is 1050. The lowest BCUT2D eigenvalue weighted by Gasteiger charge is -2.29. The number of aromatic nitrogens is 2. The molecule has 2 fully saturated rings. The van der Waals surface area contributed by atoms with E-state index in [1.54, 1.807) is 0 Å². The Labute approximate surface area is 178 Å². The average molecular weight is 463 g/mol. The number of fused-ring (bicyclic) bond motifs is 2. The molecule has 2 bridgehead atoms. The zero-order valence-corrected chi connectivity index (χ0v) is 16.8. The van der Waals surface area contributed by atoms with E-state index in [1.807, 2.05) is 0 Å². The number of carbonyl (C=O) groups is 1. The number of aliphatic hydroxyl groups excluding tert-OH is 1. The van der Waals surface area contributed by atoms with Crippen LogP contribution in [0.4, 0.5) is 32.0 Å². The van der Waals surface area contributed by atoms with Crippen LogP contribution in [0.2, 0.25) is 0 Å². The molecule has 0 unspecified atom stereocenters. The molecule has 1 aromatic carbocycles. The van der Waals surface area contributed by atoms with Crippen molar-refractivity contribution in [2.24, 2.45) is 13.0 Å². The van der Waals surface area contributed by atoms with Crippen LogP contribution in [0.5, 0.6) is 0 Å². The van der Waals surface area contributed by atoms with Crippen LogP contribution >= 0.6 is 0 Å². The van der Waals surface area contributed by atoms with E-state index in [0.29, 0.717) is 0 Å². The molecule has 6 nitrogen and oxygen atoms in total. The number of aryl methyl sites for hydroxylation is 2. The summed E-state index contributed by atoms with van der Waals surface area (Å²) in [6.45, 7) is 1.26. The van der Waals surface area contributed by atoms with Crippen LogP contribution in [0.15, 0.2) is 24.3 Å². The summed E-state index contributed by atoms with van der Waals surface area (Å²) in [4.78, 5) is 13.1. The van der Waals surface area contributed by atoms with Gasteiger partial charge in [0.1, 0.15) is 0 Å². The van der Waals surface area contributed by atoms with Gasteiger partial charge in [-0.2, -0.15) is 31.4 Å². The standard InChI is InChI=1S/C20H19F6N3O3/c1-8-5-9(3-4-10(8)19(21,22)23)27-18(31)16-13-7-12(30)17(32-13)15(16)11-6-14(20(24,25)26)28-29(11)2/h3-6,12-13,15-17,30H,7H2,1-2H3,(H,27,31)/t12-,13+,15+,16-,17-/m0/s1. The second-order valence-electron chi connectivity index (χ2n) is 8.09. The number of amides is 1. The van der Waals surface area contributed by atoms with Crippen molar-refractivity contribution >= 4 is 11.6 Å². The number of hydrogen-bond donors (Lipinski definition) is 2. The van der Waals surface area contributed by atoms with Crippen molar-refractivity contribution in [1.29, 1.82) is 0 Å². The zero-order chi connectivity index (χ0) is 23.6. The molecule has 2 aliphatic rings. The van der Waals surface area contributed by atoms with Gasteiger partial charge in [0.2, 0.25) is 5.91 Å². The van der Waals surface area contributed by atoms with Crippen LogP contribution < -0.4 is 5.32 Å². The zero-order valence-electron chi connectivity index (χ0n) is 16.8. The normalized spacial score (nSPS) is 27.7. The minimum absolute atomic E-state index is 0.0762. The predicted octanol–water partition coefficient (Wildman–Crippen LogP) is 3.64. The Morgan fingerprint density at radius 2 is 1.88 bits per heavy atom. The molecular weight excluding hydrogens is 444 g/mol. The van der Waals surface area contributed by atoms with E-state index in [-0.39, 0.29) is 23.4 Å². The summed E-state index contributed by atoms with van der Waals surface area (Å²) in [7, 11) is 1.30. The number of halogens is 6. The summed E-state index contributed by atoms with van der Waals surface area (Å²) in [5.41, 5.74) is -1.87. The van der Waals surface area contributed by atoms with E-state index in [0.717, 1.165) is 22.9 Å². The van der Waals surface area contributed by atoms with Crippen LogP contribution in [0.25, 0.3) is 0 Å². The lowest BCUT2D eigenvalue weighted by molar-refractivity contribution is -0.141. The number of nitrogens with zero attached hydrogens (tertiary/aromatic N) is 2. The first kappa shape index (κ1) is 22.6. The highest BCUT2D eigenvalue weighted by Gasteiger charge is 2.58. The van der Waals surface area contributed by atoms with E-state index in [2.05, 4.69) is 10.4 Å². The highest BCUT2D eigenvalue weighted by atomic mass is 19.4. The molecule has 12 heteroatoms. The highest BCUT2D eigenvalue weighted by molar-refractivity contribution is 5.94. The molecule has 1 amide bonds. The Hall–Kier alpha value is -2.60. The summed E-state index contributed by atoms with van der Waals surface area (Å²) in [5, 5.41) is 16.2. The number of alkyl halides is 6. The number of ether oxygens (including phenoxy) is 1. The molecule has 0 aliphatic carbocycles. The lowest BCUT2D eigenvalue weighted by atomic mass is 9.75. The largest absolute Gasteiger partial charge is 0.435 e. The van der Waals surface area contributed by atoms with Crippen LogP contribution in [0, 0.1) is 12.8 Å². The number of rotatable bonds is 3. The fraction of sp³-hybridized carbons (Fsp3) is 0.500. The lowest BCUT2D eigenvalue weighted by Crippen LogP contribution is -2.41. The van der Waals surface area contributed by atoms with Gasteiger partial charge in [-0.25, -0.2) is 0 Å². The van der Waals surface area contributed by atoms with Gasteiger partial charge < -0.3 is 15.2 Å². The maximum atomic E-state index is 13.1. The first-order chi connectivity index (χ1) is 14.8. The molecule has 2 aliphatic heterocycles. The SMILES string of the molecule is Cc1cc(NC(=O)[C@@H]2[C@@H](c3cc(C(F)(F)F)nn3C)[C@H]3O[C@@H]2C[C@@H]3O)ccc1C(F)(F)F. The predicted molar refractivity (Wildman–Crippen MR) is 98.5 cm³/mol. The summed E-state index contributed by atoms with van der Waals surface area (Å²) in [6, 6.07) is 3.95. The second-order valence-corrected chi connectivity index (χ2v) is 8.09. The van der Waals surface area contributed by atoms with Crippen LogP contribution in [0.1, 0.15) is 34.9 Å². The molecule has 4 rings (SSSR count). The Morgan fingerprint density at radius 3 is 2.44 bits per heavy atom. The molecule has 5 atom stereocenters. The van der Waals surface area contributed by atoms with Gasteiger partial charge in [-0.1, -0.05) is 0 Å². The number of benzene rings is 1. The molecule has 1 aromatic heterocycles. The average Bonchev–Trinajstić information content (AvgIpc) is 3.31. The third-order valence-corrected chi connectivity index (χ3v) is 5.98. The van der Waals surface area contributed by atoms with Gasteiger partial charge >= 0.3 is 12.4 Å². The first-order valence-electron chi connectivity index (χ1n) is 9.70. The van der Waals surface area contributed by atoms with Gasteiger partial charge in [0.15, 0.2) is 5.69 Å². The molecule has 174 valence electrons. The van der Waals surface area contributed by atoms with Crippen molar-refractivity contribution < 1.29 is 41.0 Å². The monoisotopic (exact) mass is 463 g/mol. The Morgan fingerprint density at radius 1 is 1.19 bits per heavy atom. The molecule has 2 aromatic rings.